The number of rotatable bonds is 7. The van der Waals surface area contributed by atoms with Crippen LogP contribution in [-0.2, 0) is 0 Å². The van der Waals surface area contributed by atoms with Crippen LogP contribution in [0.4, 0.5) is 0 Å². The van der Waals surface area contributed by atoms with Crippen LogP contribution in [0.1, 0.15) is 44.7 Å². The summed E-state index contributed by atoms with van der Waals surface area (Å²) < 4.78 is 0. The van der Waals surface area contributed by atoms with Gasteiger partial charge in [-0.1, -0.05) is 19.1 Å². The molecule has 0 amide bonds. The third-order valence-electron chi connectivity index (χ3n) is 2.89. The van der Waals surface area contributed by atoms with Gasteiger partial charge in [0.1, 0.15) is 0 Å². The summed E-state index contributed by atoms with van der Waals surface area (Å²) in [5, 5.41) is 3.61. The fourth-order valence-electron chi connectivity index (χ4n) is 1.88. The highest BCUT2D eigenvalue weighted by molar-refractivity contribution is 7.98. The van der Waals surface area contributed by atoms with E-state index in [1.54, 1.807) is 11.8 Å². The zero-order valence-corrected chi connectivity index (χ0v) is 12.4. The summed E-state index contributed by atoms with van der Waals surface area (Å²) in [4.78, 5) is 1.32. The van der Waals surface area contributed by atoms with Crippen LogP contribution in [0, 0.1) is 11.8 Å². The summed E-state index contributed by atoms with van der Waals surface area (Å²) in [5.41, 5.74) is 1.37. The fraction of sp³-hybridized carbons (Fsp3) is 0.500. The molecule has 0 bridgehead atoms. The van der Waals surface area contributed by atoms with Crippen LogP contribution in [0.2, 0.25) is 0 Å². The van der Waals surface area contributed by atoms with Crippen molar-refractivity contribution in [2.24, 2.45) is 0 Å². The minimum absolute atomic E-state index is 0.432. The van der Waals surface area contributed by atoms with Gasteiger partial charge in [0.05, 0.1) is 0 Å². The number of hydrogen-bond acceptors (Lipinski definition) is 2. The third kappa shape index (κ3) is 5.16. The van der Waals surface area contributed by atoms with Gasteiger partial charge in [-0.2, -0.15) is 0 Å². The zero-order valence-electron chi connectivity index (χ0n) is 11.6. The van der Waals surface area contributed by atoms with E-state index in [1.165, 1.54) is 16.9 Å². The fourth-order valence-corrected chi connectivity index (χ4v) is 2.29. The molecule has 1 N–H and O–H groups in total. The van der Waals surface area contributed by atoms with Crippen molar-refractivity contribution in [1.82, 2.24) is 5.32 Å². The van der Waals surface area contributed by atoms with E-state index in [0.29, 0.717) is 6.04 Å². The first-order chi connectivity index (χ1) is 8.81. The smallest absolute Gasteiger partial charge is 0.0329 e. The lowest BCUT2D eigenvalue weighted by Crippen LogP contribution is -2.22. The summed E-state index contributed by atoms with van der Waals surface area (Å²) in [6.07, 6.45) is 5.32. The maximum atomic E-state index is 3.61. The lowest BCUT2D eigenvalue weighted by Gasteiger charge is -2.18. The Morgan fingerprint density at radius 2 is 2.00 bits per heavy atom. The maximum Gasteiger partial charge on any atom is 0.0329 e. The number of benzene rings is 1. The Morgan fingerprint density at radius 1 is 1.28 bits per heavy atom. The Morgan fingerprint density at radius 3 is 2.56 bits per heavy atom. The van der Waals surface area contributed by atoms with E-state index in [0.717, 1.165) is 19.4 Å². The summed E-state index contributed by atoms with van der Waals surface area (Å²) in [6.45, 7) is 5.17. The molecule has 0 aliphatic heterocycles. The second-order valence-electron chi connectivity index (χ2n) is 4.25. The SMILES string of the molecule is CC#CCCC(NCCC)c1ccc(SC)cc1. The van der Waals surface area contributed by atoms with Gasteiger partial charge in [0.15, 0.2) is 0 Å². The molecule has 0 saturated heterocycles. The second kappa shape index (κ2) is 9.08. The van der Waals surface area contributed by atoms with Crippen LogP contribution >= 0.6 is 11.8 Å². The van der Waals surface area contributed by atoms with Crippen molar-refractivity contribution in [3.63, 3.8) is 0 Å². The molecule has 2 heteroatoms. The molecule has 1 rings (SSSR count). The molecule has 0 aliphatic carbocycles. The molecule has 1 aromatic carbocycles. The van der Waals surface area contributed by atoms with Crippen LogP contribution < -0.4 is 5.32 Å². The lowest BCUT2D eigenvalue weighted by atomic mass is 10.0. The molecular formula is C16H23NS. The van der Waals surface area contributed by atoms with E-state index >= 15 is 0 Å². The van der Waals surface area contributed by atoms with Gasteiger partial charge < -0.3 is 5.32 Å². The monoisotopic (exact) mass is 261 g/mol. The van der Waals surface area contributed by atoms with E-state index in [4.69, 9.17) is 0 Å². The highest BCUT2D eigenvalue weighted by Gasteiger charge is 2.09. The quantitative estimate of drug-likeness (QED) is 0.581. The first-order valence-electron chi connectivity index (χ1n) is 6.58. The van der Waals surface area contributed by atoms with Crippen molar-refractivity contribution in [3.05, 3.63) is 29.8 Å². The van der Waals surface area contributed by atoms with Crippen LogP contribution in [0.25, 0.3) is 0 Å². The largest absolute Gasteiger partial charge is 0.310 e. The van der Waals surface area contributed by atoms with E-state index < -0.39 is 0 Å². The van der Waals surface area contributed by atoms with Gasteiger partial charge in [0.25, 0.3) is 0 Å². The number of thioether (sulfide) groups is 1. The second-order valence-corrected chi connectivity index (χ2v) is 5.12. The van der Waals surface area contributed by atoms with Crippen LogP contribution in [0.15, 0.2) is 29.2 Å². The van der Waals surface area contributed by atoms with Crippen molar-refractivity contribution in [2.45, 2.75) is 44.0 Å². The average molecular weight is 261 g/mol. The molecule has 0 radical (unpaired) electrons. The summed E-state index contributed by atoms with van der Waals surface area (Å²) in [6, 6.07) is 9.30. The minimum Gasteiger partial charge on any atom is -0.310 e. The van der Waals surface area contributed by atoms with Gasteiger partial charge in [-0.25, -0.2) is 0 Å². The number of nitrogens with one attached hydrogen (secondary N) is 1. The summed E-state index contributed by atoms with van der Waals surface area (Å²) >= 11 is 1.79. The predicted molar refractivity (Wildman–Crippen MR) is 81.9 cm³/mol. The molecular weight excluding hydrogens is 238 g/mol. The van der Waals surface area contributed by atoms with Crippen molar-refractivity contribution in [1.29, 1.82) is 0 Å². The molecule has 0 saturated carbocycles. The third-order valence-corrected chi connectivity index (χ3v) is 3.64. The molecule has 18 heavy (non-hydrogen) atoms. The maximum absolute atomic E-state index is 3.61. The Hall–Kier alpha value is -0.910. The molecule has 1 atom stereocenters. The Labute approximate surface area is 116 Å². The molecule has 0 aliphatic rings. The van der Waals surface area contributed by atoms with E-state index in [-0.39, 0.29) is 0 Å². The molecule has 98 valence electrons. The summed E-state index contributed by atoms with van der Waals surface area (Å²) in [7, 11) is 0. The standard InChI is InChI=1S/C16H23NS/c1-4-6-7-8-16(17-13-5-2)14-9-11-15(18-3)12-10-14/h9-12,16-17H,5,7-8,13H2,1-3H3. The van der Waals surface area contributed by atoms with Gasteiger partial charge in [-0.3, -0.25) is 0 Å². The molecule has 0 aromatic heterocycles. The van der Waals surface area contributed by atoms with Gasteiger partial charge >= 0.3 is 0 Å². The first kappa shape index (κ1) is 15.1. The van der Waals surface area contributed by atoms with Gasteiger partial charge in [0.2, 0.25) is 0 Å². The first-order valence-corrected chi connectivity index (χ1v) is 7.81. The summed E-state index contributed by atoms with van der Waals surface area (Å²) in [5.74, 6) is 6.12. The molecule has 0 fully saturated rings. The van der Waals surface area contributed by atoms with Crippen LogP contribution in [-0.4, -0.2) is 12.8 Å². The molecule has 1 nitrogen and oxygen atoms in total. The normalized spacial score (nSPS) is 11.7. The topological polar surface area (TPSA) is 12.0 Å². The van der Waals surface area contributed by atoms with Crippen LogP contribution in [0.3, 0.4) is 0 Å². The lowest BCUT2D eigenvalue weighted by molar-refractivity contribution is 0.505. The van der Waals surface area contributed by atoms with Crippen molar-refractivity contribution in [3.8, 4) is 11.8 Å². The van der Waals surface area contributed by atoms with E-state index in [2.05, 4.69) is 54.6 Å². The Balaban J connectivity index is 2.68. The minimum atomic E-state index is 0.432. The molecule has 1 aromatic rings. The predicted octanol–water partition coefficient (Wildman–Crippen LogP) is 4.25. The van der Waals surface area contributed by atoms with Crippen LogP contribution in [0.5, 0.6) is 0 Å². The molecule has 0 spiro atoms. The average Bonchev–Trinajstić information content (AvgIpc) is 2.43. The van der Waals surface area contributed by atoms with Gasteiger partial charge in [0, 0.05) is 17.4 Å². The van der Waals surface area contributed by atoms with E-state index in [1.807, 2.05) is 6.92 Å². The Kier molecular flexibility index (Phi) is 7.64. The highest BCUT2D eigenvalue weighted by Crippen LogP contribution is 2.22. The number of hydrogen-bond donors (Lipinski definition) is 1. The van der Waals surface area contributed by atoms with Crippen molar-refractivity contribution < 1.29 is 0 Å². The van der Waals surface area contributed by atoms with Gasteiger partial charge in [-0.15, -0.1) is 23.6 Å². The van der Waals surface area contributed by atoms with E-state index in [9.17, 15) is 0 Å². The highest BCUT2D eigenvalue weighted by atomic mass is 32.2. The zero-order chi connectivity index (χ0) is 13.2. The molecule has 0 heterocycles. The Bertz CT molecular complexity index is 386. The molecule has 1 unspecified atom stereocenters. The van der Waals surface area contributed by atoms with Crippen molar-refractivity contribution in [2.75, 3.05) is 12.8 Å². The van der Waals surface area contributed by atoms with Crippen molar-refractivity contribution >= 4 is 11.8 Å². The van der Waals surface area contributed by atoms with Gasteiger partial charge in [-0.05, 0) is 50.3 Å².